The second kappa shape index (κ2) is 9.31. The molecule has 6 heteroatoms. The van der Waals surface area contributed by atoms with Crippen molar-refractivity contribution in [3.8, 4) is 16.8 Å². The second-order valence-electron chi connectivity index (χ2n) is 7.33. The fraction of sp³-hybridized carbons (Fsp3) is 0.115. The van der Waals surface area contributed by atoms with Crippen LogP contribution in [0.5, 0.6) is 0 Å². The van der Waals surface area contributed by atoms with E-state index >= 15 is 0 Å². The molecule has 0 spiro atoms. The minimum Gasteiger partial charge on any atom is -0.452 e. The molecule has 0 fully saturated rings. The zero-order valence-corrected chi connectivity index (χ0v) is 17.9. The van der Waals surface area contributed by atoms with Crippen LogP contribution in [0.3, 0.4) is 0 Å². The summed E-state index contributed by atoms with van der Waals surface area (Å²) in [5.41, 5.74) is 4.96. The number of ether oxygens (including phenoxy) is 1. The van der Waals surface area contributed by atoms with Crippen molar-refractivity contribution in [2.24, 2.45) is 0 Å². The minimum absolute atomic E-state index is 0.367. The number of hydrogen-bond acceptors (Lipinski definition) is 4. The van der Waals surface area contributed by atoms with Crippen molar-refractivity contribution in [1.29, 1.82) is 0 Å². The van der Waals surface area contributed by atoms with Crippen molar-refractivity contribution < 1.29 is 14.3 Å². The highest BCUT2D eigenvalue weighted by molar-refractivity contribution is 5.98. The number of amides is 1. The summed E-state index contributed by atoms with van der Waals surface area (Å²) in [6, 6.07) is 26.8. The summed E-state index contributed by atoms with van der Waals surface area (Å²) in [6.45, 7) is 3.16. The SMILES string of the molecule is Cc1nn(-c2ccccc2)c(C)c1C(=O)OCC(=O)Nc1ccccc1-c1ccccc1. The summed E-state index contributed by atoms with van der Waals surface area (Å²) in [6.07, 6.45) is 0. The molecular formula is C26H23N3O3. The van der Waals surface area contributed by atoms with Crippen LogP contribution in [0.25, 0.3) is 16.8 Å². The first-order valence-electron chi connectivity index (χ1n) is 10.3. The average Bonchev–Trinajstić information content (AvgIpc) is 3.13. The van der Waals surface area contributed by atoms with E-state index in [1.807, 2.05) is 84.9 Å². The van der Waals surface area contributed by atoms with Crippen LogP contribution in [0, 0.1) is 13.8 Å². The summed E-state index contributed by atoms with van der Waals surface area (Å²) in [5.74, 6) is -0.985. The zero-order chi connectivity index (χ0) is 22.5. The molecule has 0 unspecified atom stereocenters. The lowest BCUT2D eigenvalue weighted by molar-refractivity contribution is -0.119. The summed E-state index contributed by atoms with van der Waals surface area (Å²) >= 11 is 0. The van der Waals surface area contributed by atoms with Gasteiger partial charge in [-0.3, -0.25) is 4.79 Å². The molecule has 1 amide bonds. The maximum absolute atomic E-state index is 12.7. The summed E-state index contributed by atoms with van der Waals surface area (Å²) in [5, 5.41) is 7.30. The first-order chi connectivity index (χ1) is 15.5. The van der Waals surface area contributed by atoms with E-state index in [-0.39, 0.29) is 0 Å². The molecule has 0 radical (unpaired) electrons. The lowest BCUT2D eigenvalue weighted by Crippen LogP contribution is -2.21. The van der Waals surface area contributed by atoms with Crippen molar-refractivity contribution in [2.45, 2.75) is 13.8 Å². The van der Waals surface area contributed by atoms with Crippen LogP contribution in [0.4, 0.5) is 5.69 Å². The van der Waals surface area contributed by atoms with E-state index < -0.39 is 18.5 Å². The van der Waals surface area contributed by atoms with E-state index in [4.69, 9.17) is 4.74 Å². The molecule has 4 aromatic rings. The van der Waals surface area contributed by atoms with Crippen molar-refractivity contribution in [3.05, 3.63) is 102 Å². The molecular weight excluding hydrogens is 402 g/mol. The third kappa shape index (κ3) is 4.44. The zero-order valence-electron chi connectivity index (χ0n) is 17.9. The number of esters is 1. The number of para-hydroxylation sites is 2. The monoisotopic (exact) mass is 425 g/mol. The van der Waals surface area contributed by atoms with Crippen LogP contribution in [0.15, 0.2) is 84.9 Å². The van der Waals surface area contributed by atoms with E-state index in [0.29, 0.717) is 22.6 Å². The quantitative estimate of drug-likeness (QED) is 0.444. The fourth-order valence-corrected chi connectivity index (χ4v) is 3.61. The molecule has 0 atom stereocenters. The lowest BCUT2D eigenvalue weighted by atomic mass is 10.0. The van der Waals surface area contributed by atoms with Crippen molar-refractivity contribution in [2.75, 3.05) is 11.9 Å². The Kier molecular flexibility index (Phi) is 6.12. The Balaban J connectivity index is 1.45. The normalized spacial score (nSPS) is 10.6. The van der Waals surface area contributed by atoms with Crippen LogP contribution in [-0.4, -0.2) is 28.3 Å². The van der Waals surface area contributed by atoms with Crippen LogP contribution >= 0.6 is 0 Å². The van der Waals surface area contributed by atoms with Gasteiger partial charge in [0, 0.05) is 11.3 Å². The van der Waals surface area contributed by atoms with Gasteiger partial charge in [0.1, 0.15) is 5.56 Å². The van der Waals surface area contributed by atoms with Crippen molar-refractivity contribution in [1.82, 2.24) is 9.78 Å². The van der Waals surface area contributed by atoms with Gasteiger partial charge in [-0.25, -0.2) is 9.48 Å². The average molecular weight is 425 g/mol. The first kappa shape index (κ1) is 21.1. The van der Waals surface area contributed by atoms with E-state index in [2.05, 4.69) is 10.4 Å². The van der Waals surface area contributed by atoms with Crippen LogP contribution in [0.1, 0.15) is 21.7 Å². The van der Waals surface area contributed by atoms with Crippen molar-refractivity contribution >= 4 is 17.6 Å². The maximum Gasteiger partial charge on any atom is 0.342 e. The molecule has 3 aromatic carbocycles. The van der Waals surface area contributed by atoms with Gasteiger partial charge < -0.3 is 10.1 Å². The molecule has 0 saturated heterocycles. The van der Waals surface area contributed by atoms with Gasteiger partial charge in [0.2, 0.25) is 0 Å². The lowest BCUT2D eigenvalue weighted by Gasteiger charge is -2.11. The summed E-state index contributed by atoms with van der Waals surface area (Å²) in [4.78, 5) is 25.2. The molecule has 1 heterocycles. The number of aryl methyl sites for hydroxylation is 1. The van der Waals surface area contributed by atoms with Crippen LogP contribution in [-0.2, 0) is 9.53 Å². The Labute approximate surface area is 186 Å². The smallest absolute Gasteiger partial charge is 0.342 e. The van der Waals surface area contributed by atoms with E-state index in [1.165, 1.54) is 0 Å². The molecule has 0 bridgehead atoms. The summed E-state index contributed by atoms with van der Waals surface area (Å²) in [7, 11) is 0. The number of hydrogen-bond donors (Lipinski definition) is 1. The Hall–Kier alpha value is -4.19. The Morgan fingerprint density at radius 2 is 1.50 bits per heavy atom. The highest BCUT2D eigenvalue weighted by Crippen LogP contribution is 2.27. The van der Waals surface area contributed by atoms with Gasteiger partial charge in [0.15, 0.2) is 6.61 Å². The number of anilines is 1. The molecule has 4 rings (SSSR count). The molecule has 0 aliphatic heterocycles. The maximum atomic E-state index is 12.7. The molecule has 1 N–H and O–H groups in total. The predicted octanol–water partition coefficient (Wildman–Crippen LogP) is 4.95. The van der Waals surface area contributed by atoms with Gasteiger partial charge in [-0.1, -0.05) is 66.7 Å². The van der Waals surface area contributed by atoms with Gasteiger partial charge >= 0.3 is 5.97 Å². The third-order valence-electron chi connectivity index (χ3n) is 5.12. The fourth-order valence-electron chi connectivity index (χ4n) is 3.61. The number of benzene rings is 3. The van der Waals surface area contributed by atoms with Gasteiger partial charge in [-0.15, -0.1) is 0 Å². The largest absolute Gasteiger partial charge is 0.452 e. The topological polar surface area (TPSA) is 73.2 Å². The number of nitrogens with zero attached hydrogens (tertiary/aromatic N) is 2. The molecule has 6 nitrogen and oxygen atoms in total. The van der Waals surface area contributed by atoms with Crippen LogP contribution < -0.4 is 5.32 Å². The highest BCUT2D eigenvalue weighted by Gasteiger charge is 2.21. The first-order valence-corrected chi connectivity index (χ1v) is 10.3. The van der Waals surface area contributed by atoms with Crippen molar-refractivity contribution in [3.63, 3.8) is 0 Å². The minimum atomic E-state index is -0.575. The van der Waals surface area contributed by atoms with E-state index in [9.17, 15) is 9.59 Å². The molecule has 0 aliphatic carbocycles. The Bertz CT molecular complexity index is 1250. The molecule has 0 saturated carbocycles. The molecule has 0 aliphatic rings. The van der Waals surface area contributed by atoms with Gasteiger partial charge in [-0.05, 0) is 37.6 Å². The highest BCUT2D eigenvalue weighted by atomic mass is 16.5. The molecule has 1 aromatic heterocycles. The van der Waals surface area contributed by atoms with E-state index in [1.54, 1.807) is 18.5 Å². The second-order valence-corrected chi connectivity index (χ2v) is 7.33. The molecule has 32 heavy (non-hydrogen) atoms. The van der Waals surface area contributed by atoms with Gasteiger partial charge in [-0.2, -0.15) is 5.10 Å². The number of carbonyl (C=O) groups excluding carboxylic acids is 2. The van der Waals surface area contributed by atoms with Crippen LogP contribution in [0.2, 0.25) is 0 Å². The third-order valence-corrected chi connectivity index (χ3v) is 5.12. The predicted molar refractivity (Wildman–Crippen MR) is 124 cm³/mol. The molecule has 160 valence electrons. The standard InChI is InChI=1S/C26H23N3O3/c1-18-25(19(2)29(28-18)21-13-7-4-8-14-21)26(31)32-17-24(30)27-23-16-10-9-15-22(23)20-11-5-3-6-12-20/h3-16H,17H2,1-2H3,(H,27,30). The number of nitrogens with one attached hydrogen (secondary N) is 1. The van der Waals surface area contributed by atoms with Gasteiger partial charge in [0.25, 0.3) is 5.91 Å². The Morgan fingerprint density at radius 1 is 0.875 bits per heavy atom. The number of aromatic nitrogens is 2. The van der Waals surface area contributed by atoms with E-state index in [0.717, 1.165) is 16.8 Å². The number of carbonyl (C=O) groups is 2. The summed E-state index contributed by atoms with van der Waals surface area (Å²) < 4.78 is 7.01. The Morgan fingerprint density at radius 3 is 2.22 bits per heavy atom. The van der Waals surface area contributed by atoms with Gasteiger partial charge in [0.05, 0.1) is 17.1 Å². The number of rotatable bonds is 6.